The van der Waals surface area contributed by atoms with Crippen molar-refractivity contribution in [1.82, 2.24) is 15.2 Å². The standard InChI is InChI=1S/C23H18N4O3/c28-18-10-6-9-17(13-18)14-24-25-22(29)21-19-11-4-5-12-20(19)23(30)27(26-21)15-16-7-2-1-3-8-16/h1-14,28H,15H2,(H,25,29)/b24-14-. The van der Waals surface area contributed by atoms with Gasteiger partial charge in [0.25, 0.3) is 11.5 Å². The van der Waals surface area contributed by atoms with Gasteiger partial charge in [-0.25, -0.2) is 10.1 Å². The second kappa shape index (κ2) is 8.40. The van der Waals surface area contributed by atoms with Crippen LogP contribution >= 0.6 is 0 Å². The summed E-state index contributed by atoms with van der Waals surface area (Å²) in [6.45, 7) is 0.247. The number of aromatic nitrogens is 2. The average Bonchev–Trinajstić information content (AvgIpc) is 2.76. The maximum Gasteiger partial charge on any atom is 0.292 e. The number of fused-ring (bicyclic) bond motifs is 1. The predicted octanol–water partition coefficient (Wildman–Crippen LogP) is 2.91. The first-order valence-corrected chi connectivity index (χ1v) is 9.28. The number of hydrazone groups is 1. The normalized spacial score (nSPS) is 11.1. The molecule has 0 saturated carbocycles. The van der Waals surface area contributed by atoms with E-state index in [1.165, 1.54) is 17.0 Å². The summed E-state index contributed by atoms with van der Waals surface area (Å²) in [5.74, 6) is -0.435. The first-order valence-electron chi connectivity index (χ1n) is 9.28. The predicted molar refractivity (Wildman–Crippen MR) is 115 cm³/mol. The third kappa shape index (κ3) is 4.10. The molecule has 0 atom stereocenters. The summed E-state index contributed by atoms with van der Waals surface area (Å²) >= 11 is 0. The zero-order valence-electron chi connectivity index (χ0n) is 15.9. The van der Waals surface area contributed by atoms with Crippen LogP contribution in [0.3, 0.4) is 0 Å². The zero-order chi connectivity index (χ0) is 20.9. The van der Waals surface area contributed by atoms with Gasteiger partial charge in [-0.3, -0.25) is 9.59 Å². The molecule has 0 radical (unpaired) electrons. The summed E-state index contributed by atoms with van der Waals surface area (Å²) in [5, 5.41) is 18.6. The minimum absolute atomic E-state index is 0.103. The number of aromatic hydroxyl groups is 1. The van der Waals surface area contributed by atoms with Gasteiger partial charge < -0.3 is 5.11 Å². The fourth-order valence-corrected chi connectivity index (χ4v) is 3.09. The van der Waals surface area contributed by atoms with E-state index < -0.39 is 5.91 Å². The molecule has 148 valence electrons. The maximum absolute atomic E-state index is 12.9. The van der Waals surface area contributed by atoms with Gasteiger partial charge in [-0.15, -0.1) is 0 Å². The minimum Gasteiger partial charge on any atom is -0.508 e. The molecular formula is C23H18N4O3. The average molecular weight is 398 g/mol. The van der Waals surface area contributed by atoms with Gasteiger partial charge in [0.1, 0.15) is 5.75 Å². The lowest BCUT2D eigenvalue weighted by atomic mass is 10.1. The van der Waals surface area contributed by atoms with E-state index in [-0.39, 0.29) is 23.5 Å². The van der Waals surface area contributed by atoms with Crippen LogP contribution in [0.1, 0.15) is 21.6 Å². The molecule has 4 rings (SSSR count). The summed E-state index contributed by atoms with van der Waals surface area (Å²) in [5.41, 5.74) is 3.80. The maximum atomic E-state index is 12.9. The van der Waals surface area contributed by atoms with E-state index in [1.807, 2.05) is 30.3 Å². The Kier molecular flexibility index (Phi) is 5.34. The number of phenolic OH excluding ortho intramolecular Hbond substituents is 1. The molecule has 1 amide bonds. The van der Waals surface area contributed by atoms with E-state index >= 15 is 0 Å². The molecule has 4 aromatic rings. The smallest absolute Gasteiger partial charge is 0.292 e. The van der Waals surface area contributed by atoms with Crippen molar-refractivity contribution in [2.75, 3.05) is 0 Å². The van der Waals surface area contributed by atoms with Crippen molar-refractivity contribution < 1.29 is 9.90 Å². The number of rotatable bonds is 5. The van der Waals surface area contributed by atoms with Crippen molar-refractivity contribution in [3.63, 3.8) is 0 Å². The van der Waals surface area contributed by atoms with E-state index in [1.54, 1.807) is 42.5 Å². The topological polar surface area (TPSA) is 96.6 Å². The molecule has 2 N–H and O–H groups in total. The number of hydrogen-bond acceptors (Lipinski definition) is 5. The molecule has 1 heterocycles. The van der Waals surface area contributed by atoms with E-state index in [9.17, 15) is 14.7 Å². The number of phenols is 1. The molecule has 30 heavy (non-hydrogen) atoms. The Labute approximate surface area is 171 Å². The van der Waals surface area contributed by atoms with Crippen molar-refractivity contribution in [3.8, 4) is 5.75 Å². The van der Waals surface area contributed by atoms with Gasteiger partial charge in [-0.05, 0) is 29.3 Å². The molecule has 3 aromatic carbocycles. The second-order valence-electron chi connectivity index (χ2n) is 6.64. The third-order valence-corrected chi connectivity index (χ3v) is 4.51. The minimum atomic E-state index is -0.538. The Morgan fingerprint density at radius 3 is 2.50 bits per heavy atom. The van der Waals surface area contributed by atoms with Crippen LogP contribution in [0.25, 0.3) is 10.8 Å². The zero-order valence-corrected chi connectivity index (χ0v) is 15.9. The molecule has 0 saturated heterocycles. The number of carbonyl (C=O) groups excluding carboxylic acids is 1. The van der Waals surface area contributed by atoms with Crippen LogP contribution in [-0.2, 0) is 6.54 Å². The molecule has 0 aliphatic rings. The van der Waals surface area contributed by atoms with Crippen LogP contribution in [0.4, 0.5) is 0 Å². The number of hydrogen-bond donors (Lipinski definition) is 2. The largest absolute Gasteiger partial charge is 0.508 e. The number of nitrogens with zero attached hydrogens (tertiary/aromatic N) is 3. The molecule has 0 aliphatic heterocycles. The molecule has 0 spiro atoms. The van der Waals surface area contributed by atoms with Gasteiger partial charge in [0.2, 0.25) is 0 Å². The highest BCUT2D eigenvalue weighted by molar-refractivity contribution is 6.05. The first kappa shape index (κ1) is 19.1. The quantitative estimate of drug-likeness (QED) is 0.399. The molecule has 1 aromatic heterocycles. The summed E-state index contributed by atoms with van der Waals surface area (Å²) in [6.07, 6.45) is 1.42. The van der Waals surface area contributed by atoms with Crippen LogP contribution in [-0.4, -0.2) is 27.0 Å². The van der Waals surface area contributed by atoms with Crippen LogP contribution in [0.5, 0.6) is 5.75 Å². The van der Waals surface area contributed by atoms with Gasteiger partial charge in [-0.2, -0.15) is 10.2 Å². The van der Waals surface area contributed by atoms with Crippen molar-refractivity contribution in [2.45, 2.75) is 6.54 Å². The van der Waals surface area contributed by atoms with Crippen LogP contribution in [0.15, 0.2) is 88.8 Å². The Hall–Kier alpha value is -4.26. The fourth-order valence-electron chi connectivity index (χ4n) is 3.09. The van der Waals surface area contributed by atoms with E-state index in [0.29, 0.717) is 16.3 Å². The number of benzene rings is 3. The second-order valence-corrected chi connectivity index (χ2v) is 6.64. The summed E-state index contributed by atoms with van der Waals surface area (Å²) < 4.78 is 1.28. The van der Waals surface area contributed by atoms with Crippen molar-refractivity contribution in [1.29, 1.82) is 0 Å². The van der Waals surface area contributed by atoms with Gasteiger partial charge in [0, 0.05) is 5.39 Å². The number of amides is 1. The number of carbonyl (C=O) groups is 1. The van der Waals surface area contributed by atoms with Gasteiger partial charge >= 0.3 is 0 Å². The lowest BCUT2D eigenvalue weighted by molar-refractivity contribution is 0.0949. The summed E-state index contributed by atoms with van der Waals surface area (Å²) in [7, 11) is 0. The van der Waals surface area contributed by atoms with Gasteiger partial charge in [0.05, 0.1) is 18.1 Å². The first-order chi connectivity index (χ1) is 14.6. The molecule has 0 bridgehead atoms. The van der Waals surface area contributed by atoms with Crippen LogP contribution in [0, 0.1) is 0 Å². The van der Waals surface area contributed by atoms with Crippen molar-refractivity contribution in [2.24, 2.45) is 5.10 Å². The monoisotopic (exact) mass is 398 g/mol. The molecule has 0 aliphatic carbocycles. The summed E-state index contributed by atoms with van der Waals surface area (Å²) in [4.78, 5) is 25.6. The lowest BCUT2D eigenvalue weighted by Gasteiger charge is -2.10. The van der Waals surface area contributed by atoms with Crippen LogP contribution in [0.2, 0.25) is 0 Å². The molecular weight excluding hydrogens is 380 g/mol. The Morgan fingerprint density at radius 1 is 1.00 bits per heavy atom. The van der Waals surface area contributed by atoms with E-state index in [4.69, 9.17) is 0 Å². The molecule has 7 heteroatoms. The lowest BCUT2D eigenvalue weighted by Crippen LogP contribution is -2.29. The SMILES string of the molecule is O=C(N/N=C\c1cccc(O)c1)c1nn(Cc2ccccc2)c(=O)c2ccccc12. The van der Waals surface area contributed by atoms with Crippen molar-refractivity contribution in [3.05, 3.63) is 106 Å². The molecule has 7 nitrogen and oxygen atoms in total. The molecule has 0 unspecified atom stereocenters. The highest BCUT2D eigenvalue weighted by atomic mass is 16.3. The summed E-state index contributed by atoms with van der Waals surface area (Å²) in [6, 6.07) is 22.8. The Bertz CT molecular complexity index is 1300. The van der Waals surface area contributed by atoms with Gasteiger partial charge in [0.15, 0.2) is 5.69 Å². The fraction of sp³-hybridized carbons (Fsp3) is 0.0435. The van der Waals surface area contributed by atoms with Gasteiger partial charge in [-0.1, -0.05) is 60.7 Å². The third-order valence-electron chi connectivity index (χ3n) is 4.51. The Balaban J connectivity index is 1.67. The van der Waals surface area contributed by atoms with E-state index in [2.05, 4.69) is 15.6 Å². The van der Waals surface area contributed by atoms with E-state index in [0.717, 1.165) is 5.56 Å². The highest BCUT2D eigenvalue weighted by Gasteiger charge is 2.16. The number of nitrogens with one attached hydrogen (secondary N) is 1. The highest BCUT2D eigenvalue weighted by Crippen LogP contribution is 2.14. The van der Waals surface area contributed by atoms with Crippen LogP contribution < -0.4 is 11.0 Å². The van der Waals surface area contributed by atoms with Crippen molar-refractivity contribution >= 4 is 22.9 Å². The Morgan fingerprint density at radius 2 is 1.73 bits per heavy atom. The molecule has 0 fully saturated rings.